The normalized spacial score (nSPS) is 17.6. The fourth-order valence-electron chi connectivity index (χ4n) is 6.81. The molecule has 4 rings (SSSR count). The van der Waals surface area contributed by atoms with Crippen molar-refractivity contribution in [2.45, 2.75) is 62.2 Å². The zero-order valence-electron chi connectivity index (χ0n) is 30.7. The number of hydrogen-bond acceptors (Lipinski definition) is 12. The first kappa shape index (κ1) is 43.8. The Kier molecular flexibility index (Phi) is 15.0. The Hall–Kier alpha value is -3.95. The zero-order chi connectivity index (χ0) is 40.4. The van der Waals surface area contributed by atoms with Crippen LogP contribution in [0, 0.1) is 0 Å². The number of allylic oxidation sites excluding steroid dienone is 3. The summed E-state index contributed by atoms with van der Waals surface area (Å²) in [6.07, 6.45) is 9.62. The van der Waals surface area contributed by atoms with Crippen molar-refractivity contribution in [2.75, 3.05) is 49.8 Å². The lowest BCUT2D eigenvalue weighted by Gasteiger charge is -2.30. The summed E-state index contributed by atoms with van der Waals surface area (Å²) < 4.78 is 114. The maximum Gasteiger partial charge on any atom is 0.294 e. The molecule has 5 N–H and O–H groups in total. The van der Waals surface area contributed by atoms with E-state index in [2.05, 4.69) is 5.43 Å². The quantitative estimate of drug-likeness (QED) is 0.0320. The van der Waals surface area contributed by atoms with Gasteiger partial charge in [-0.3, -0.25) is 19.3 Å². The third-order valence-electron chi connectivity index (χ3n) is 9.53. The van der Waals surface area contributed by atoms with Gasteiger partial charge in [0.1, 0.15) is 18.9 Å². The summed E-state index contributed by atoms with van der Waals surface area (Å²) in [7, 11) is -11.7. The van der Waals surface area contributed by atoms with E-state index in [0.29, 0.717) is 62.5 Å². The summed E-state index contributed by atoms with van der Waals surface area (Å²) in [5.41, 5.74) is 4.66. The Morgan fingerprint density at radius 1 is 1.00 bits per heavy atom. The van der Waals surface area contributed by atoms with Gasteiger partial charge < -0.3 is 18.6 Å². The first-order valence-electron chi connectivity index (χ1n) is 17.6. The summed E-state index contributed by atoms with van der Waals surface area (Å²) in [6.45, 7) is 3.45. The van der Waals surface area contributed by atoms with E-state index in [-0.39, 0.29) is 36.5 Å². The Morgan fingerprint density at radius 2 is 1.76 bits per heavy atom. The zero-order valence-corrected chi connectivity index (χ0v) is 33.2. The van der Waals surface area contributed by atoms with E-state index >= 15 is 0 Å². The predicted octanol–water partition coefficient (Wildman–Crippen LogP) is 2.88. The molecule has 0 radical (unpaired) electrons. The molecule has 302 valence electrons. The monoisotopic (exact) mass is 824 g/mol. The molecule has 0 bridgehead atoms. The van der Waals surface area contributed by atoms with Crippen LogP contribution in [-0.4, -0.2) is 89.7 Å². The minimum Gasteiger partial charge on any atom is -0.748 e. The highest BCUT2D eigenvalue weighted by atomic mass is 32.2. The van der Waals surface area contributed by atoms with Crippen LogP contribution in [0.15, 0.2) is 75.9 Å². The molecule has 55 heavy (non-hydrogen) atoms. The molecule has 1 aromatic carbocycles. The second-order valence-corrected chi connectivity index (χ2v) is 18.0. The van der Waals surface area contributed by atoms with Gasteiger partial charge in [-0.25, -0.2) is 18.8 Å². The lowest BCUT2D eigenvalue weighted by molar-refractivity contribution is -0.121. The van der Waals surface area contributed by atoms with Crippen molar-refractivity contribution >= 4 is 48.0 Å². The van der Waals surface area contributed by atoms with Crippen LogP contribution in [0.2, 0.25) is 0 Å². The molecule has 2 heterocycles. The largest absolute Gasteiger partial charge is 0.748 e. The Balaban J connectivity index is 1.76. The molecule has 1 aliphatic carbocycles. The van der Waals surface area contributed by atoms with Gasteiger partial charge in [-0.15, -0.1) is 0 Å². The number of carbonyl (C=O) groups excluding carboxylic acids is 1. The number of amides is 1. The number of nitrogens with two attached hydrogens (primary N) is 1. The summed E-state index contributed by atoms with van der Waals surface area (Å²) in [5.74, 6) is 4.46. The Bertz CT molecular complexity index is 2270. The molecule has 0 aromatic heterocycles. The van der Waals surface area contributed by atoms with Crippen LogP contribution < -0.4 is 26.1 Å². The van der Waals surface area contributed by atoms with Gasteiger partial charge in [0.05, 0.1) is 33.1 Å². The van der Waals surface area contributed by atoms with Crippen LogP contribution in [0.1, 0.15) is 63.0 Å². The van der Waals surface area contributed by atoms with Crippen molar-refractivity contribution < 1.29 is 52.9 Å². The van der Waals surface area contributed by atoms with Gasteiger partial charge in [0.25, 0.3) is 20.2 Å². The average molecular weight is 825 g/mol. The van der Waals surface area contributed by atoms with Crippen molar-refractivity contribution in [2.24, 2.45) is 5.84 Å². The van der Waals surface area contributed by atoms with Crippen molar-refractivity contribution in [1.82, 2.24) is 10.0 Å². The lowest BCUT2D eigenvalue weighted by Crippen LogP contribution is -2.34. The number of nitrogens with one attached hydrogen (secondary N) is 1. The number of fused-ring (bicyclic) bond motifs is 2. The molecule has 1 atom stereocenters. The third-order valence-corrected chi connectivity index (χ3v) is 12.0. The number of benzene rings is 2. The highest BCUT2D eigenvalue weighted by molar-refractivity contribution is 7.86. The van der Waals surface area contributed by atoms with Crippen molar-refractivity contribution in [3.8, 4) is 11.3 Å². The van der Waals surface area contributed by atoms with Crippen LogP contribution in [0.4, 0.5) is 5.69 Å². The fourth-order valence-corrected chi connectivity index (χ4v) is 8.31. The number of methoxy groups -OCH3 is 1. The second-order valence-electron chi connectivity index (χ2n) is 13.5. The van der Waals surface area contributed by atoms with Crippen LogP contribution in [-0.2, 0) is 45.3 Å². The topological polar surface area (TPSA) is 250 Å². The van der Waals surface area contributed by atoms with Crippen molar-refractivity contribution in [3.63, 3.8) is 0 Å². The maximum atomic E-state index is 12.2. The van der Waals surface area contributed by atoms with Crippen LogP contribution >= 0.6 is 0 Å². The molecule has 2 aliphatic heterocycles. The predicted molar refractivity (Wildman–Crippen MR) is 206 cm³/mol. The van der Waals surface area contributed by atoms with Crippen LogP contribution in [0.25, 0.3) is 17.4 Å². The third kappa shape index (κ3) is 12.3. The first-order valence-corrected chi connectivity index (χ1v) is 22.2. The number of hydrazine groups is 1. The molecule has 16 nitrogen and oxygen atoms in total. The van der Waals surface area contributed by atoms with E-state index in [0.717, 1.165) is 22.2 Å². The summed E-state index contributed by atoms with van der Waals surface area (Å²) in [6, 6.07) is 11.6. The standard InChI is InChI=1S/C36H48N4O12S3/c1-36(17-7-23-53(42,43)44)31-26-29(55(48,49)50)13-15-32(31)40(19-5-3-4-11-35(41)38-37)34(36)10-6-9-27-16-21-52-33-25-28(12-14-30(27)33)39(20-22-51-2)18-8-24-54(45,46)47/h6,9-10,12-16,21,25-26H,3-5,7-8,11,17-20,22-24,37H2,1-2H3,(H3-,38,41,42,43,44,45,46,47,48,49,50). The molecule has 3 aliphatic rings. The van der Waals surface area contributed by atoms with Gasteiger partial charge in [-0.2, -0.15) is 16.8 Å². The number of anilines is 1. The van der Waals surface area contributed by atoms with E-state index < -0.39 is 47.3 Å². The molecule has 0 saturated carbocycles. The molecule has 1 unspecified atom stereocenters. The molecular formula is C36H48N4O12S3. The molecule has 1 amide bonds. The summed E-state index contributed by atoms with van der Waals surface area (Å²) >= 11 is 0. The molecule has 0 saturated heterocycles. The molecule has 0 spiro atoms. The molecule has 19 heteroatoms. The number of carbonyl (C=O) groups is 1. The average Bonchev–Trinajstić information content (AvgIpc) is 3.33. The SMILES string of the molecule is COCC[N+](CCCS(=O)(=O)[O-])=c1ccc2c(/C=C/C=C3/N(CCCCCC(=O)NN)c4ccc(S(=O)(=O)O)cc4C3(C)CCCS(=O)(=O)O)ccoc-2c1. The van der Waals surface area contributed by atoms with Crippen molar-refractivity contribution in [1.29, 1.82) is 0 Å². The summed E-state index contributed by atoms with van der Waals surface area (Å²) in [4.78, 5) is 13.4. The Morgan fingerprint density at radius 3 is 2.44 bits per heavy atom. The number of ether oxygens (including phenoxy) is 1. The smallest absolute Gasteiger partial charge is 0.294 e. The number of unbranched alkanes of at least 4 members (excludes halogenated alkanes) is 2. The van der Waals surface area contributed by atoms with Crippen molar-refractivity contribution in [3.05, 3.63) is 83.1 Å². The maximum absolute atomic E-state index is 12.2. The van der Waals surface area contributed by atoms with Gasteiger partial charge in [0.2, 0.25) is 11.3 Å². The van der Waals surface area contributed by atoms with Gasteiger partial charge in [-0.05, 0) is 80.1 Å². The van der Waals surface area contributed by atoms with Crippen LogP contribution in [0.5, 0.6) is 0 Å². The summed E-state index contributed by atoms with van der Waals surface area (Å²) in [5, 5.41) is 0.743. The van der Waals surface area contributed by atoms with E-state index in [4.69, 9.17) is 15.0 Å². The van der Waals surface area contributed by atoms with Gasteiger partial charge >= 0.3 is 0 Å². The second kappa shape index (κ2) is 18.8. The highest BCUT2D eigenvalue weighted by Crippen LogP contribution is 2.51. The van der Waals surface area contributed by atoms with E-state index in [9.17, 15) is 43.7 Å². The van der Waals surface area contributed by atoms with Gasteiger partial charge in [0.15, 0.2) is 6.54 Å². The molecule has 1 aromatic rings. The number of rotatable bonds is 20. The van der Waals surface area contributed by atoms with E-state index in [1.807, 2.05) is 52.8 Å². The van der Waals surface area contributed by atoms with Gasteiger partial charge in [0, 0.05) is 60.7 Å². The van der Waals surface area contributed by atoms with Crippen LogP contribution in [0.3, 0.4) is 0 Å². The lowest BCUT2D eigenvalue weighted by atomic mass is 9.77. The molecule has 0 fully saturated rings. The van der Waals surface area contributed by atoms with E-state index in [1.54, 1.807) is 19.2 Å². The minimum absolute atomic E-state index is 0.0508. The number of nitrogens with zero attached hydrogens (tertiary/aromatic N) is 2. The first-order chi connectivity index (χ1) is 25.9. The fraction of sp³-hybridized carbons (Fsp3) is 0.444. The Labute approximate surface area is 321 Å². The number of hydrogen-bond donors (Lipinski definition) is 4. The van der Waals surface area contributed by atoms with Gasteiger partial charge in [-0.1, -0.05) is 18.6 Å². The van der Waals surface area contributed by atoms with E-state index in [1.165, 1.54) is 18.4 Å². The highest BCUT2D eigenvalue weighted by Gasteiger charge is 2.43. The molecular weight excluding hydrogens is 777 g/mol. The minimum atomic E-state index is -4.58.